The predicted molar refractivity (Wildman–Crippen MR) is 70.3 cm³/mol. The summed E-state index contributed by atoms with van der Waals surface area (Å²) < 4.78 is 0. The molecule has 2 heterocycles. The minimum absolute atomic E-state index is 0.220. The molecule has 0 radical (unpaired) electrons. The van der Waals surface area contributed by atoms with Crippen LogP contribution in [0.25, 0.3) is 10.7 Å². The summed E-state index contributed by atoms with van der Waals surface area (Å²) in [4.78, 5) is 10.9. The molecule has 0 aliphatic rings. The minimum atomic E-state index is -0.220. The van der Waals surface area contributed by atoms with Crippen molar-refractivity contribution >= 4 is 11.3 Å². The Morgan fingerprint density at radius 1 is 1.39 bits per heavy atom. The molecule has 0 unspecified atom stereocenters. The van der Waals surface area contributed by atoms with Crippen LogP contribution in [0.15, 0.2) is 16.9 Å². The van der Waals surface area contributed by atoms with E-state index in [1.54, 1.807) is 6.07 Å². The third-order valence-electron chi connectivity index (χ3n) is 2.19. The van der Waals surface area contributed by atoms with Gasteiger partial charge in [0.15, 0.2) is 5.01 Å². The molecule has 0 amide bonds. The van der Waals surface area contributed by atoms with E-state index in [2.05, 4.69) is 39.6 Å². The van der Waals surface area contributed by atoms with Gasteiger partial charge in [0, 0.05) is 12.6 Å². The summed E-state index contributed by atoms with van der Waals surface area (Å²) in [6.07, 6.45) is 0. The predicted octanol–water partition coefficient (Wildman–Crippen LogP) is 1.03. The Bertz CT molecular complexity index is 542. The van der Waals surface area contributed by atoms with Crippen molar-refractivity contribution in [2.45, 2.75) is 20.4 Å². The fourth-order valence-electron chi connectivity index (χ4n) is 1.36. The van der Waals surface area contributed by atoms with E-state index < -0.39 is 0 Å². The zero-order valence-corrected chi connectivity index (χ0v) is 11.1. The molecule has 6 nitrogen and oxygen atoms in total. The van der Waals surface area contributed by atoms with Crippen LogP contribution in [-0.2, 0) is 6.54 Å². The van der Waals surface area contributed by atoms with Crippen molar-refractivity contribution in [2.24, 2.45) is 5.92 Å². The molecule has 96 valence electrons. The number of hydrogen-bond donors (Lipinski definition) is 2. The molecule has 18 heavy (non-hydrogen) atoms. The lowest BCUT2D eigenvalue weighted by Gasteiger charge is -2.03. The third kappa shape index (κ3) is 3.44. The largest absolute Gasteiger partial charge is 0.310 e. The fraction of sp³-hybridized carbons (Fsp3) is 0.455. The monoisotopic (exact) mass is 265 g/mol. The highest BCUT2D eigenvalue weighted by Gasteiger charge is 2.07. The van der Waals surface area contributed by atoms with Crippen molar-refractivity contribution < 1.29 is 0 Å². The maximum atomic E-state index is 10.9. The minimum Gasteiger partial charge on any atom is -0.310 e. The number of aromatic amines is 1. The Morgan fingerprint density at radius 3 is 2.89 bits per heavy atom. The number of H-pyrrole nitrogens is 1. The lowest BCUT2D eigenvalue weighted by molar-refractivity contribution is 0.550. The van der Waals surface area contributed by atoms with Gasteiger partial charge in [-0.1, -0.05) is 25.2 Å². The first-order valence-electron chi connectivity index (χ1n) is 5.74. The van der Waals surface area contributed by atoms with E-state index in [4.69, 9.17) is 0 Å². The Kier molecular flexibility index (Phi) is 4.16. The highest BCUT2D eigenvalue weighted by molar-refractivity contribution is 7.14. The van der Waals surface area contributed by atoms with Crippen LogP contribution in [0.5, 0.6) is 0 Å². The SMILES string of the molecule is CC(C)CNCc1nnc(-c2ccc(=O)[nH]n2)s1. The lowest BCUT2D eigenvalue weighted by atomic mass is 10.2. The van der Waals surface area contributed by atoms with Crippen LogP contribution in [0.1, 0.15) is 18.9 Å². The van der Waals surface area contributed by atoms with Crippen LogP contribution in [0.2, 0.25) is 0 Å². The zero-order chi connectivity index (χ0) is 13.0. The van der Waals surface area contributed by atoms with E-state index in [1.165, 1.54) is 17.4 Å². The molecule has 0 aliphatic carbocycles. The second-order valence-corrected chi connectivity index (χ2v) is 5.39. The molecule has 0 bridgehead atoms. The average Bonchev–Trinajstić information content (AvgIpc) is 2.78. The molecule has 0 aliphatic heterocycles. The summed E-state index contributed by atoms with van der Waals surface area (Å²) in [6.45, 7) is 5.97. The summed E-state index contributed by atoms with van der Waals surface area (Å²) in [5.41, 5.74) is 0.421. The maximum absolute atomic E-state index is 10.9. The molecule has 0 aromatic carbocycles. The van der Waals surface area contributed by atoms with E-state index in [0.717, 1.165) is 11.6 Å². The van der Waals surface area contributed by atoms with E-state index >= 15 is 0 Å². The van der Waals surface area contributed by atoms with Gasteiger partial charge in [0.25, 0.3) is 5.56 Å². The molecule has 2 aromatic rings. The van der Waals surface area contributed by atoms with Crippen molar-refractivity contribution in [3.8, 4) is 10.7 Å². The van der Waals surface area contributed by atoms with E-state index in [1.807, 2.05) is 0 Å². The van der Waals surface area contributed by atoms with Crippen molar-refractivity contribution in [1.82, 2.24) is 25.7 Å². The van der Waals surface area contributed by atoms with Gasteiger partial charge >= 0.3 is 0 Å². The van der Waals surface area contributed by atoms with E-state index in [-0.39, 0.29) is 5.56 Å². The van der Waals surface area contributed by atoms with Crippen molar-refractivity contribution in [1.29, 1.82) is 0 Å². The van der Waals surface area contributed by atoms with Crippen LogP contribution < -0.4 is 10.9 Å². The molecule has 7 heteroatoms. The molecule has 0 spiro atoms. The first-order chi connectivity index (χ1) is 8.65. The van der Waals surface area contributed by atoms with E-state index in [0.29, 0.717) is 23.2 Å². The Balaban J connectivity index is 2.01. The van der Waals surface area contributed by atoms with Gasteiger partial charge in [-0.25, -0.2) is 5.10 Å². The Hall–Kier alpha value is -1.60. The zero-order valence-electron chi connectivity index (χ0n) is 10.3. The number of hydrogen-bond acceptors (Lipinski definition) is 6. The van der Waals surface area contributed by atoms with Gasteiger partial charge in [-0.3, -0.25) is 4.79 Å². The Morgan fingerprint density at radius 2 is 2.22 bits per heavy atom. The quantitative estimate of drug-likeness (QED) is 0.843. The molecule has 0 saturated carbocycles. The molecule has 0 fully saturated rings. The fourth-order valence-corrected chi connectivity index (χ4v) is 2.14. The molecule has 2 N–H and O–H groups in total. The van der Waals surface area contributed by atoms with Crippen LogP contribution in [0.3, 0.4) is 0 Å². The lowest BCUT2D eigenvalue weighted by Crippen LogP contribution is -2.18. The third-order valence-corrected chi connectivity index (χ3v) is 3.14. The normalized spacial score (nSPS) is 11.1. The second kappa shape index (κ2) is 5.83. The molecule has 0 saturated heterocycles. The van der Waals surface area contributed by atoms with Crippen LogP contribution >= 0.6 is 11.3 Å². The smallest absolute Gasteiger partial charge is 0.264 e. The van der Waals surface area contributed by atoms with Gasteiger partial charge in [-0.15, -0.1) is 10.2 Å². The molecule has 0 atom stereocenters. The molecule has 2 rings (SSSR count). The standard InChI is InChI=1S/C11H15N5OS/c1-7(2)5-12-6-10-15-16-11(18-10)8-3-4-9(17)14-13-8/h3-4,7,12H,5-6H2,1-2H3,(H,14,17). The summed E-state index contributed by atoms with van der Waals surface area (Å²) in [7, 11) is 0. The van der Waals surface area contributed by atoms with Crippen molar-refractivity contribution in [2.75, 3.05) is 6.54 Å². The van der Waals surface area contributed by atoms with Gasteiger partial charge in [0.2, 0.25) is 0 Å². The van der Waals surface area contributed by atoms with E-state index in [9.17, 15) is 4.79 Å². The Labute approximate surface area is 108 Å². The molecular weight excluding hydrogens is 250 g/mol. The van der Waals surface area contributed by atoms with Gasteiger partial charge in [0.1, 0.15) is 10.7 Å². The molecule has 2 aromatic heterocycles. The number of rotatable bonds is 5. The summed E-state index contributed by atoms with van der Waals surface area (Å²) in [5, 5.41) is 19.4. The summed E-state index contributed by atoms with van der Waals surface area (Å²) in [5.74, 6) is 0.609. The van der Waals surface area contributed by atoms with Crippen LogP contribution in [0, 0.1) is 5.92 Å². The van der Waals surface area contributed by atoms with Gasteiger partial charge in [0.05, 0.1) is 0 Å². The number of nitrogens with one attached hydrogen (secondary N) is 2. The number of nitrogens with zero attached hydrogens (tertiary/aromatic N) is 3. The van der Waals surface area contributed by atoms with Crippen molar-refractivity contribution in [3.05, 3.63) is 27.5 Å². The number of aromatic nitrogens is 4. The van der Waals surface area contributed by atoms with Gasteiger partial charge in [-0.05, 0) is 18.5 Å². The second-order valence-electron chi connectivity index (χ2n) is 4.33. The van der Waals surface area contributed by atoms with Gasteiger partial charge < -0.3 is 5.32 Å². The maximum Gasteiger partial charge on any atom is 0.264 e. The van der Waals surface area contributed by atoms with Crippen LogP contribution in [-0.4, -0.2) is 26.9 Å². The summed E-state index contributed by atoms with van der Waals surface area (Å²) in [6, 6.07) is 3.07. The molecular formula is C11H15N5OS. The first kappa shape index (κ1) is 12.8. The van der Waals surface area contributed by atoms with Crippen LogP contribution in [0.4, 0.5) is 0 Å². The first-order valence-corrected chi connectivity index (χ1v) is 6.56. The topological polar surface area (TPSA) is 83.6 Å². The average molecular weight is 265 g/mol. The highest BCUT2D eigenvalue weighted by Crippen LogP contribution is 2.19. The highest BCUT2D eigenvalue weighted by atomic mass is 32.1. The van der Waals surface area contributed by atoms with Gasteiger partial charge in [-0.2, -0.15) is 5.10 Å². The van der Waals surface area contributed by atoms with Crippen molar-refractivity contribution in [3.63, 3.8) is 0 Å². The summed E-state index contributed by atoms with van der Waals surface area (Å²) >= 11 is 1.47.